The molecule has 116 valence electrons. The van der Waals surface area contributed by atoms with E-state index in [2.05, 4.69) is 50.6 Å². The number of hydrogen-bond acceptors (Lipinski definition) is 5. The molecular weight excluding hydrogens is 304 g/mol. The summed E-state index contributed by atoms with van der Waals surface area (Å²) in [4.78, 5) is 15.8. The van der Waals surface area contributed by atoms with Crippen LogP contribution in [0.5, 0.6) is 0 Å². The van der Waals surface area contributed by atoms with Crippen LogP contribution in [0.25, 0.3) is 10.8 Å². The van der Waals surface area contributed by atoms with Gasteiger partial charge >= 0.3 is 0 Å². The Morgan fingerprint density at radius 2 is 1.78 bits per heavy atom. The minimum Gasteiger partial charge on any atom is -0.290 e. The highest BCUT2D eigenvalue weighted by molar-refractivity contribution is 7.13. The van der Waals surface area contributed by atoms with E-state index >= 15 is 0 Å². The van der Waals surface area contributed by atoms with Crippen molar-refractivity contribution in [3.05, 3.63) is 65.4 Å². The van der Waals surface area contributed by atoms with Gasteiger partial charge in [-0.25, -0.2) is 15.0 Å². The molecule has 0 amide bonds. The van der Waals surface area contributed by atoms with Gasteiger partial charge in [0.15, 0.2) is 10.8 Å². The van der Waals surface area contributed by atoms with Crippen molar-refractivity contribution < 1.29 is 0 Å². The summed E-state index contributed by atoms with van der Waals surface area (Å²) in [6.07, 6.45) is 6.11. The first-order valence-corrected chi connectivity index (χ1v) is 8.76. The van der Waals surface area contributed by atoms with Crippen molar-refractivity contribution in [2.75, 3.05) is 0 Å². The number of hydrogen-bond donors (Lipinski definition) is 0. The Bertz CT molecular complexity index is 753. The summed E-state index contributed by atoms with van der Waals surface area (Å²) in [6, 6.07) is 13.2. The van der Waals surface area contributed by atoms with E-state index in [4.69, 9.17) is 4.98 Å². The smallest absolute Gasteiger partial charge is 0.188 e. The van der Waals surface area contributed by atoms with E-state index in [1.54, 1.807) is 23.7 Å². The third kappa shape index (κ3) is 3.63. The topological polar surface area (TPSA) is 41.9 Å². The lowest BCUT2D eigenvalue weighted by molar-refractivity contribution is 0.243. The van der Waals surface area contributed by atoms with Gasteiger partial charge in [0.1, 0.15) is 0 Å². The molecule has 0 spiro atoms. The zero-order valence-corrected chi connectivity index (χ0v) is 13.6. The van der Waals surface area contributed by atoms with E-state index in [-0.39, 0.29) is 0 Å². The number of rotatable bonds is 6. The van der Waals surface area contributed by atoms with Crippen molar-refractivity contribution in [2.45, 2.75) is 32.0 Å². The molecule has 0 atom stereocenters. The van der Waals surface area contributed by atoms with Gasteiger partial charge in [0.05, 0.1) is 5.69 Å². The molecule has 3 aromatic rings. The summed E-state index contributed by atoms with van der Waals surface area (Å²) >= 11 is 1.62. The van der Waals surface area contributed by atoms with Crippen molar-refractivity contribution in [3.63, 3.8) is 0 Å². The average Bonchev–Trinajstić information content (AvgIpc) is 3.35. The minimum atomic E-state index is 0.702. The Kier molecular flexibility index (Phi) is 4.13. The maximum atomic E-state index is 4.72. The van der Waals surface area contributed by atoms with Crippen molar-refractivity contribution in [3.8, 4) is 10.8 Å². The number of nitrogens with zero attached hydrogens (tertiary/aromatic N) is 4. The first kappa shape index (κ1) is 14.5. The molecule has 1 aliphatic rings. The van der Waals surface area contributed by atoms with Gasteiger partial charge in [-0.15, -0.1) is 11.3 Å². The molecule has 4 nitrogen and oxygen atoms in total. The summed E-state index contributed by atoms with van der Waals surface area (Å²) in [5.74, 6) is 0.713. The molecule has 2 aromatic heterocycles. The lowest BCUT2D eigenvalue weighted by atomic mass is 10.2. The summed E-state index contributed by atoms with van der Waals surface area (Å²) in [5, 5.41) is 3.03. The lowest BCUT2D eigenvalue weighted by Crippen LogP contribution is -2.25. The molecule has 0 radical (unpaired) electrons. The SMILES string of the molecule is c1ccc(CN(Cc2csc(-c3ncccn3)n2)C2CC2)cc1. The van der Waals surface area contributed by atoms with Gasteiger partial charge in [0, 0.05) is 36.9 Å². The molecule has 0 unspecified atom stereocenters. The Labute approximate surface area is 139 Å². The fourth-order valence-corrected chi connectivity index (χ4v) is 3.43. The third-order valence-electron chi connectivity index (χ3n) is 3.97. The van der Waals surface area contributed by atoms with E-state index in [9.17, 15) is 0 Å². The molecule has 5 heteroatoms. The Morgan fingerprint density at radius 3 is 2.52 bits per heavy atom. The highest BCUT2D eigenvalue weighted by atomic mass is 32.1. The van der Waals surface area contributed by atoms with Crippen molar-refractivity contribution in [1.82, 2.24) is 19.9 Å². The van der Waals surface area contributed by atoms with Crippen LogP contribution in [0.1, 0.15) is 24.1 Å². The van der Waals surface area contributed by atoms with Gasteiger partial charge in [-0.2, -0.15) is 0 Å². The van der Waals surface area contributed by atoms with E-state index < -0.39 is 0 Å². The fraction of sp³-hybridized carbons (Fsp3) is 0.278. The van der Waals surface area contributed by atoms with E-state index in [1.807, 2.05) is 6.07 Å². The molecule has 1 aromatic carbocycles. The first-order valence-electron chi connectivity index (χ1n) is 7.88. The summed E-state index contributed by atoms with van der Waals surface area (Å²) in [5.41, 5.74) is 2.47. The first-order chi connectivity index (χ1) is 11.4. The largest absolute Gasteiger partial charge is 0.290 e. The van der Waals surface area contributed by atoms with E-state index in [0.717, 1.165) is 23.8 Å². The molecule has 0 N–H and O–H groups in total. The lowest BCUT2D eigenvalue weighted by Gasteiger charge is -2.21. The molecule has 4 rings (SSSR count). The van der Waals surface area contributed by atoms with Crippen molar-refractivity contribution in [2.24, 2.45) is 0 Å². The van der Waals surface area contributed by atoms with Crippen LogP contribution in [0.3, 0.4) is 0 Å². The standard InChI is InChI=1S/C18H18N4S/c1-2-5-14(6-3-1)11-22(16-7-8-16)12-15-13-23-18(21-15)17-19-9-4-10-20-17/h1-6,9-10,13,16H,7-8,11-12H2. The highest BCUT2D eigenvalue weighted by Crippen LogP contribution is 2.30. The van der Waals surface area contributed by atoms with Gasteiger partial charge in [-0.1, -0.05) is 30.3 Å². The quantitative estimate of drug-likeness (QED) is 0.693. The fourth-order valence-electron chi connectivity index (χ4n) is 2.67. The van der Waals surface area contributed by atoms with Gasteiger partial charge < -0.3 is 0 Å². The molecule has 23 heavy (non-hydrogen) atoms. The van der Waals surface area contributed by atoms with Crippen LogP contribution < -0.4 is 0 Å². The summed E-state index contributed by atoms with van der Waals surface area (Å²) in [6.45, 7) is 1.88. The van der Waals surface area contributed by atoms with Crippen LogP contribution in [0.15, 0.2) is 54.2 Å². The maximum absolute atomic E-state index is 4.72. The van der Waals surface area contributed by atoms with Crippen LogP contribution in [0.2, 0.25) is 0 Å². The zero-order chi connectivity index (χ0) is 15.5. The minimum absolute atomic E-state index is 0.702. The number of thiazole rings is 1. The Hall–Kier alpha value is -2.11. The molecular formula is C18H18N4S. The van der Waals surface area contributed by atoms with Crippen LogP contribution in [-0.2, 0) is 13.1 Å². The Balaban J connectivity index is 1.48. The van der Waals surface area contributed by atoms with Crippen LogP contribution >= 0.6 is 11.3 Å². The average molecular weight is 322 g/mol. The second kappa shape index (κ2) is 6.56. The van der Waals surface area contributed by atoms with Crippen LogP contribution in [0, 0.1) is 0 Å². The molecule has 1 aliphatic carbocycles. The third-order valence-corrected chi connectivity index (χ3v) is 4.85. The van der Waals surface area contributed by atoms with Gasteiger partial charge in [-0.05, 0) is 24.5 Å². The Morgan fingerprint density at radius 1 is 1.00 bits per heavy atom. The second-order valence-corrected chi connectivity index (χ2v) is 6.70. The van der Waals surface area contributed by atoms with Gasteiger partial charge in [-0.3, -0.25) is 4.90 Å². The normalized spacial score (nSPS) is 14.3. The van der Waals surface area contributed by atoms with Crippen molar-refractivity contribution >= 4 is 11.3 Å². The molecule has 1 fully saturated rings. The molecule has 2 heterocycles. The van der Waals surface area contributed by atoms with Gasteiger partial charge in [0.2, 0.25) is 0 Å². The summed E-state index contributed by atoms with van der Waals surface area (Å²) < 4.78 is 0. The second-order valence-electron chi connectivity index (χ2n) is 5.84. The monoisotopic (exact) mass is 322 g/mol. The van der Waals surface area contributed by atoms with Gasteiger partial charge in [0.25, 0.3) is 0 Å². The molecule has 0 bridgehead atoms. The highest BCUT2D eigenvalue weighted by Gasteiger charge is 2.29. The summed E-state index contributed by atoms with van der Waals surface area (Å²) in [7, 11) is 0. The van der Waals surface area contributed by atoms with E-state index in [0.29, 0.717) is 11.9 Å². The molecule has 1 saturated carbocycles. The molecule has 0 aliphatic heterocycles. The predicted molar refractivity (Wildman–Crippen MR) is 91.9 cm³/mol. The van der Waals surface area contributed by atoms with Crippen LogP contribution in [0.4, 0.5) is 0 Å². The van der Waals surface area contributed by atoms with Crippen molar-refractivity contribution in [1.29, 1.82) is 0 Å². The maximum Gasteiger partial charge on any atom is 0.188 e. The van der Waals surface area contributed by atoms with E-state index in [1.165, 1.54) is 18.4 Å². The number of aromatic nitrogens is 3. The number of benzene rings is 1. The molecule has 0 saturated heterocycles. The zero-order valence-electron chi connectivity index (χ0n) is 12.8. The van der Waals surface area contributed by atoms with Crippen LogP contribution in [-0.4, -0.2) is 25.9 Å². The predicted octanol–water partition coefficient (Wildman–Crippen LogP) is 3.76.